The van der Waals surface area contributed by atoms with Crippen molar-refractivity contribution < 1.29 is 14.3 Å². The zero-order valence-corrected chi connectivity index (χ0v) is 14.9. The van der Waals surface area contributed by atoms with Crippen LogP contribution in [0.4, 0.5) is 4.79 Å². The Morgan fingerprint density at radius 1 is 1.32 bits per heavy atom. The monoisotopic (exact) mass is 397 g/mol. The van der Waals surface area contributed by atoms with Crippen molar-refractivity contribution in [1.29, 1.82) is 0 Å². The van der Waals surface area contributed by atoms with E-state index < -0.39 is 21.5 Å². The first-order chi connectivity index (χ1) is 8.52. The van der Waals surface area contributed by atoms with Crippen LogP contribution in [-0.2, 0) is 9.53 Å². The van der Waals surface area contributed by atoms with E-state index in [2.05, 4.69) is 44.1 Å². The van der Waals surface area contributed by atoms with Gasteiger partial charge in [-0.25, -0.2) is 4.79 Å². The molecule has 1 saturated carbocycles. The predicted molar refractivity (Wildman–Crippen MR) is 81.8 cm³/mol. The highest BCUT2D eigenvalue weighted by atomic mass is 79.9. The fourth-order valence-electron chi connectivity index (χ4n) is 1.73. The summed E-state index contributed by atoms with van der Waals surface area (Å²) in [6.07, 6.45) is 2.30. The van der Waals surface area contributed by atoms with E-state index in [1.54, 1.807) is 20.8 Å². The highest BCUT2D eigenvalue weighted by Gasteiger charge is 2.42. The van der Waals surface area contributed by atoms with Gasteiger partial charge in [-0.2, -0.15) is 0 Å². The number of Topliss-reactive ketones (excluding diaryl/α,β-unsaturated/α-hetero) is 1. The number of carbonyl (C=O) groups excluding carboxylic acids is 2. The number of alkyl carbamates (subject to hydrolysis) is 1. The first-order valence-corrected chi connectivity index (χ1v) is 8.17. The zero-order valence-electron chi connectivity index (χ0n) is 11.8. The molecule has 1 aliphatic carbocycles. The molecule has 1 aliphatic rings. The van der Waals surface area contributed by atoms with Gasteiger partial charge < -0.3 is 10.1 Å². The Bertz CT molecular complexity index is 359. The van der Waals surface area contributed by atoms with Gasteiger partial charge in [0.1, 0.15) is 9.34 Å². The highest BCUT2D eigenvalue weighted by Crippen LogP contribution is 2.49. The Hall–Kier alpha value is -0.100. The number of alkyl halides is 2. The molecule has 0 radical (unpaired) electrons. The van der Waals surface area contributed by atoms with Crippen LogP contribution in [0.25, 0.3) is 0 Å². The van der Waals surface area contributed by atoms with Crippen LogP contribution in [0.1, 0.15) is 47.0 Å². The normalized spacial score (nSPS) is 18.9. The number of halogens is 2. The second-order valence-corrected chi connectivity index (χ2v) is 9.48. The van der Waals surface area contributed by atoms with Crippen LogP contribution in [-0.4, -0.2) is 27.3 Å². The second-order valence-electron chi connectivity index (χ2n) is 6.42. The van der Waals surface area contributed by atoms with Gasteiger partial charge >= 0.3 is 6.09 Å². The lowest BCUT2D eigenvalue weighted by molar-refractivity contribution is -0.119. The predicted octanol–water partition coefficient (Wildman–Crippen LogP) is 3.75. The number of ketones is 1. The van der Waals surface area contributed by atoms with Crippen LogP contribution in [0.5, 0.6) is 0 Å². The Kier molecular flexibility index (Phi) is 5.46. The number of amides is 1. The van der Waals surface area contributed by atoms with Gasteiger partial charge in [0.05, 0.1) is 6.04 Å². The molecule has 0 aliphatic heterocycles. The van der Waals surface area contributed by atoms with Gasteiger partial charge in [0.15, 0.2) is 5.78 Å². The molecule has 4 nitrogen and oxygen atoms in total. The second kappa shape index (κ2) is 6.12. The number of rotatable bonds is 5. The lowest BCUT2D eigenvalue weighted by Gasteiger charge is -2.25. The molecular formula is C13H21Br2NO3. The summed E-state index contributed by atoms with van der Waals surface area (Å²) < 4.78 is 4.74. The van der Waals surface area contributed by atoms with E-state index in [0.29, 0.717) is 6.42 Å². The molecule has 0 saturated heterocycles. The van der Waals surface area contributed by atoms with Crippen molar-refractivity contribution in [3.63, 3.8) is 0 Å². The van der Waals surface area contributed by atoms with E-state index in [4.69, 9.17) is 4.74 Å². The van der Waals surface area contributed by atoms with Crippen molar-refractivity contribution in [2.45, 2.75) is 62.3 Å². The van der Waals surface area contributed by atoms with E-state index in [0.717, 1.165) is 12.8 Å². The minimum atomic E-state index is -0.566. The van der Waals surface area contributed by atoms with E-state index in [-0.39, 0.29) is 11.2 Å². The fourth-order valence-corrected chi connectivity index (χ4v) is 2.37. The molecular weight excluding hydrogens is 378 g/mol. The zero-order chi connectivity index (χ0) is 14.8. The molecule has 19 heavy (non-hydrogen) atoms. The minimum Gasteiger partial charge on any atom is -0.444 e. The van der Waals surface area contributed by atoms with Crippen molar-refractivity contribution in [2.75, 3.05) is 0 Å². The van der Waals surface area contributed by atoms with Crippen LogP contribution in [0.3, 0.4) is 0 Å². The fraction of sp³-hybridized carbons (Fsp3) is 0.846. The topological polar surface area (TPSA) is 55.4 Å². The van der Waals surface area contributed by atoms with E-state index in [9.17, 15) is 9.59 Å². The molecule has 0 unspecified atom stereocenters. The van der Waals surface area contributed by atoms with E-state index in [1.165, 1.54) is 0 Å². The molecule has 0 aromatic carbocycles. The highest BCUT2D eigenvalue weighted by molar-refractivity contribution is 9.25. The maximum Gasteiger partial charge on any atom is 0.408 e. The molecule has 6 heteroatoms. The quantitative estimate of drug-likeness (QED) is 0.717. The number of hydrogen-bond acceptors (Lipinski definition) is 3. The van der Waals surface area contributed by atoms with Crippen molar-refractivity contribution >= 4 is 43.7 Å². The molecule has 0 heterocycles. The number of carbonyl (C=O) groups is 2. The van der Waals surface area contributed by atoms with Gasteiger partial charge in [0.25, 0.3) is 0 Å². The molecule has 1 N–H and O–H groups in total. The number of hydrogen-bond donors (Lipinski definition) is 1. The summed E-state index contributed by atoms with van der Waals surface area (Å²) in [6, 6.07) is -0.522. The molecule has 0 bridgehead atoms. The third kappa shape index (κ3) is 6.25. The van der Waals surface area contributed by atoms with E-state index in [1.807, 2.05) is 0 Å². The summed E-state index contributed by atoms with van der Waals surface area (Å²) in [4.78, 5) is 23.9. The average molecular weight is 399 g/mol. The van der Waals surface area contributed by atoms with Crippen molar-refractivity contribution in [1.82, 2.24) is 5.32 Å². The summed E-state index contributed by atoms with van der Waals surface area (Å²) in [5.74, 6) is -0.0843. The number of nitrogens with one attached hydrogen (secondary N) is 1. The molecule has 0 spiro atoms. The van der Waals surface area contributed by atoms with Crippen LogP contribution in [0.2, 0.25) is 0 Å². The van der Waals surface area contributed by atoms with Crippen LogP contribution < -0.4 is 5.32 Å². The summed E-state index contributed by atoms with van der Waals surface area (Å²) in [6.45, 7) is 7.51. The number of ether oxygens (including phenoxy) is 1. The lowest BCUT2D eigenvalue weighted by Crippen LogP contribution is -2.46. The van der Waals surface area contributed by atoms with Crippen molar-refractivity contribution in [2.24, 2.45) is 5.41 Å². The standard InChI is InChI=1S/C13H21Br2NO3/c1-12(2,3)19-11(18)16-8(9(17)10(14)15)7-13(4)5-6-13/h8,10H,5-7H2,1-4H3,(H,16,18)/t8-/m0/s1. The summed E-state index contributed by atoms with van der Waals surface area (Å²) in [7, 11) is 0. The van der Waals surface area contributed by atoms with Crippen molar-refractivity contribution in [3.05, 3.63) is 0 Å². The van der Waals surface area contributed by atoms with Crippen LogP contribution >= 0.6 is 31.9 Å². The summed E-state index contributed by atoms with van der Waals surface area (Å²) >= 11 is 6.39. The van der Waals surface area contributed by atoms with Crippen molar-refractivity contribution in [3.8, 4) is 0 Å². The first-order valence-electron chi connectivity index (χ1n) is 6.34. The van der Waals surface area contributed by atoms with Gasteiger partial charge in [-0.1, -0.05) is 38.8 Å². The molecule has 1 amide bonds. The molecule has 0 aromatic heterocycles. The van der Waals surface area contributed by atoms with Crippen LogP contribution in [0.15, 0.2) is 0 Å². The average Bonchev–Trinajstić information content (AvgIpc) is 2.91. The molecule has 110 valence electrons. The summed E-state index contributed by atoms with van der Waals surface area (Å²) in [5, 5.41) is 2.68. The molecule has 1 rings (SSSR count). The van der Waals surface area contributed by atoms with Gasteiger partial charge in [-0.15, -0.1) is 0 Å². The smallest absolute Gasteiger partial charge is 0.408 e. The van der Waals surface area contributed by atoms with Crippen LogP contribution in [0, 0.1) is 5.41 Å². The SMILES string of the molecule is CC1(C[C@H](NC(=O)OC(C)(C)C)C(=O)C(Br)Br)CC1. The largest absolute Gasteiger partial charge is 0.444 e. The Morgan fingerprint density at radius 2 is 1.84 bits per heavy atom. The van der Waals surface area contributed by atoms with Gasteiger partial charge in [0.2, 0.25) is 0 Å². The Morgan fingerprint density at radius 3 is 2.21 bits per heavy atom. The van der Waals surface area contributed by atoms with Gasteiger partial charge in [0, 0.05) is 0 Å². The first kappa shape index (κ1) is 17.0. The van der Waals surface area contributed by atoms with Gasteiger partial charge in [-0.3, -0.25) is 4.79 Å². The maximum atomic E-state index is 12.1. The minimum absolute atomic E-state index is 0.0843. The van der Waals surface area contributed by atoms with Gasteiger partial charge in [-0.05, 0) is 45.4 Å². The van der Waals surface area contributed by atoms with E-state index >= 15 is 0 Å². The third-order valence-electron chi connectivity index (χ3n) is 3.05. The Balaban J connectivity index is 2.63. The molecule has 1 fully saturated rings. The third-order valence-corrected chi connectivity index (χ3v) is 3.95. The summed E-state index contributed by atoms with van der Waals surface area (Å²) in [5.41, 5.74) is -0.395. The molecule has 0 aromatic rings. The lowest BCUT2D eigenvalue weighted by atomic mass is 9.97. The maximum absolute atomic E-state index is 12.1. The molecule has 1 atom stereocenters. The Labute approximate surface area is 131 Å².